The second-order valence-electron chi connectivity index (χ2n) is 14.7. The quantitative estimate of drug-likeness (QED) is 0.160. The van der Waals surface area contributed by atoms with Gasteiger partial charge in [0, 0.05) is 55.1 Å². The summed E-state index contributed by atoms with van der Waals surface area (Å²) in [5.74, 6) is 0.857. The van der Waals surface area contributed by atoms with Gasteiger partial charge in [0.15, 0.2) is 5.82 Å². The van der Waals surface area contributed by atoms with E-state index in [2.05, 4.69) is 164 Å². The average molecular weight is 730 g/mol. The minimum atomic E-state index is 0.128. The first kappa shape index (κ1) is 33.0. The first-order valence-corrected chi connectivity index (χ1v) is 19.5. The van der Waals surface area contributed by atoms with Gasteiger partial charge >= 0.3 is 0 Å². The first-order chi connectivity index (χ1) is 28.2. The van der Waals surface area contributed by atoms with Crippen molar-refractivity contribution in [2.24, 2.45) is 0 Å². The molecule has 0 radical (unpaired) electrons. The van der Waals surface area contributed by atoms with Gasteiger partial charge in [-0.15, -0.1) is 0 Å². The highest BCUT2D eigenvalue weighted by molar-refractivity contribution is 6.29. The van der Waals surface area contributed by atoms with Gasteiger partial charge in [0.05, 0.1) is 22.6 Å². The van der Waals surface area contributed by atoms with Gasteiger partial charge in [-0.25, -0.2) is 15.0 Å². The molecule has 1 aliphatic rings. The molecule has 0 spiro atoms. The Morgan fingerprint density at radius 2 is 1.16 bits per heavy atom. The number of hydrogen-bond donors (Lipinski definition) is 0. The van der Waals surface area contributed by atoms with Gasteiger partial charge < -0.3 is 4.42 Å². The molecule has 0 aliphatic heterocycles. The molecule has 0 fully saturated rings. The van der Waals surface area contributed by atoms with Crippen molar-refractivity contribution in [3.05, 3.63) is 205 Å². The van der Waals surface area contributed by atoms with Crippen LogP contribution in [0.25, 0.3) is 94.2 Å². The van der Waals surface area contributed by atoms with Gasteiger partial charge in [-0.05, 0) is 47.4 Å². The summed E-state index contributed by atoms with van der Waals surface area (Å²) in [6, 6.07) is 61.4. The lowest BCUT2D eigenvalue weighted by Gasteiger charge is -2.18. The van der Waals surface area contributed by atoms with E-state index in [9.17, 15) is 0 Å². The van der Waals surface area contributed by atoms with Gasteiger partial charge in [0.2, 0.25) is 0 Å². The van der Waals surface area contributed by atoms with E-state index in [1.165, 1.54) is 11.1 Å². The standard InChI is InChI=1S/C53H35N3O/c1-4-14-34(15-5-1)39-20-12-21-40(32-39)46-33-45(54-53(55-46)38-18-8-3-9-19-38)36-28-26-35(27-29-36)41-23-13-24-43-49-44(51(56-52(41)43)37-16-6-2-7-17-37)30-31-48-50(49)42-22-10-11-25-47(42)57-48/h1-20,22-33,40H,21H2. The number of aromatic nitrogens is 3. The van der Waals surface area contributed by atoms with Crippen molar-refractivity contribution in [3.8, 4) is 45.0 Å². The molecule has 268 valence electrons. The topological polar surface area (TPSA) is 51.8 Å². The predicted octanol–water partition coefficient (Wildman–Crippen LogP) is 13.9. The number of nitrogens with zero attached hydrogens (tertiary/aromatic N) is 3. The van der Waals surface area contributed by atoms with Crippen molar-refractivity contribution < 1.29 is 4.42 Å². The third kappa shape index (κ3) is 5.82. The number of hydrogen-bond acceptors (Lipinski definition) is 4. The van der Waals surface area contributed by atoms with Crippen LogP contribution in [0.3, 0.4) is 0 Å². The van der Waals surface area contributed by atoms with Crippen LogP contribution in [0.1, 0.15) is 23.6 Å². The SMILES string of the molecule is C1=CC(c2ccccc2)=CC(c2cc(-c3ccc(-c4cccc5c4nc(-c4ccccc4)c4ccc6oc7ccccc7c6c45)cc3)nc(-c3ccccc3)n2)C1. The summed E-state index contributed by atoms with van der Waals surface area (Å²) in [5, 5.41) is 5.58. The summed E-state index contributed by atoms with van der Waals surface area (Å²) in [6.07, 6.45) is 7.71. The highest BCUT2D eigenvalue weighted by atomic mass is 16.3. The van der Waals surface area contributed by atoms with Crippen LogP contribution in [0.2, 0.25) is 0 Å². The lowest BCUT2D eigenvalue weighted by Crippen LogP contribution is -2.05. The minimum absolute atomic E-state index is 0.128. The van der Waals surface area contributed by atoms with Crippen molar-refractivity contribution in [2.45, 2.75) is 12.3 Å². The van der Waals surface area contributed by atoms with E-state index < -0.39 is 0 Å². The zero-order valence-corrected chi connectivity index (χ0v) is 31.0. The lowest BCUT2D eigenvalue weighted by atomic mass is 9.89. The van der Waals surface area contributed by atoms with Crippen LogP contribution in [-0.2, 0) is 0 Å². The highest BCUT2D eigenvalue weighted by Crippen LogP contribution is 2.43. The summed E-state index contributed by atoms with van der Waals surface area (Å²) in [4.78, 5) is 15.8. The third-order valence-electron chi connectivity index (χ3n) is 11.2. The monoisotopic (exact) mass is 729 g/mol. The summed E-state index contributed by atoms with van der Waals surface area (Å²) in [6.45, 7) is 0. The fourth-order valence-corrected chi connectivity index (χ4v) is 8.43. The molecule has 3 aromatic heterocycles. The fraction of sp³-hybridized carbons (Fsp3) is 0.0377. The Morgan fingerprint density at radius 3 is 1.95 bits per heavy atom. The Balaban J connectivity index is 1.06. The molecule has 7 aromatic carbocycles. The smallest absolute Gasteiger partial charge is 0.160 e. The number of pyridine rings is 1. The van der Waals surface area contributed by atoms with Crippen LogP contribution >= 0.6 is 0 Å². The van der Waals surface area contributed by atoms with Gasteiger partial charge in [0.1, 0.15) is 11.2 Å². The second kappa shape index (κ2) is 13.7. The summed E-state index contributed by atoms with van der Waals surface area (Å²) < 4.78 is 6.40. The molecule has 10 aromatic rings. The number of benzene rings is 7. The molecule has 57 heavy (non-hydrogen) atoms. The van der Waals surface area contributed by atoms with E-state index in [1.54, 1.807) is 0 Å². The maximum Gasteiger partial charge on any atom is 0.160 e. The lowest BCUT2D eigenvalue weighted by molar-refractivity contribution is 0.669. The number of fused-ring (bicyclic) bond motifs is 7. The molecular weight excluding hydrogens is 695 g/mol. The van der Waals surface area contributed by atoms with E-state index in [0.29, 0.717) is 0 Å². The Kier molecular flexibility index (Phi) is 7.92. The first-order valence-electron chi connectivity index (χ1n) is 19.5. The van der Waals surface area contributed by atoms with Gasteiger partial charge in [0.25, 0.3) is 0 Å². The molecule has 0 bridgehead atoms. The molecule has 1 atom stereocenters. The maximum absolute atomic E-state index is 6.40. The van der Waals surface area contributed by atoms with E-state index in [-0.39, 0.29) is 5.92 Å². The molecule has 1 aliphatic carbocycles. The fourth-order valence-electron chi connectivity index (χ4n) is 8.43. The molecule has 1 unspecified atom stereocenters. The Bertz CT molecular complexity index is 3180. The molecule has 0 saturated carbocycles. The van der Waals surface area contributed by atoms with Crippen LogP contribution < -0.4 is 0 Å². The van der Waals surface area contributed by atoms with Gasteiger partial charge in [-0.2, -0.15) is 0 Å². The van der Waals surface area contributed by atoms with Crippen molar-refractivity contribution in [2.75, 3.05) is 0 Å². The molecule has 4 heteroatoms. The van der Waals surface area contributed by atoms with Crippen LogP contribution in [0, 0.1) is 0 Å². The van der Waals surface area contributed by atoms with E-state index in [4.69, 9.17) is 19.4 Å². The predicted molar refractivity (Wildman–Crippen MR) is 235 cm³/mol. The second-order valence-corrected chi connectivity index (χ2v) is 14.7. The largest absolute Gasteiger partial charge is 0.456 e. The molecule has 4 nitrogen and oxygen atoms in total. The van der Waals surface area contributed by atoms with E-state index in [0.717, 1.165) is 101 Å². The van der Waals surface area contributed by atoms with Crippen molar-refractivity contribution in [3.63, 3.8) is 0 Å². The zero-order valence-electron chi connectivity index (χ0n) is 31.0. The van der Waals surface area contributed by atoms with Crippen LogP contribution in [0.5, 0.6) is 0 Å². The number of furan rings is 1. The Morgan fingerprint density at radius 1 is 0.474 bits per heavy atom. The maximum atomic E-state index is 6.40. The summed E-state index contributed by atoms with van der Waals surface area (Å²) in [7, 11) is 0. The minimum Gasteiger partial charge on any atom is -0.456 e. The number of rotatable bonds is 6. The average Bonchev–Trinajstić information content (AvgIpc) is 3.68. The molecule has 0 saturated heterocycles. The highest BCUT2D eigenvalue weighted by Gasteiger charge is 2.21. The van der Waals surface area contributed by atoms with Crippen molar-refractivity contribution in [1.82, 2.24) is 15.0 Å². The molecular formula is C53H35N3O. The normalized spacial score (nSPS) is 14.1. The van der Waals surface area contributed by atoms with Crippen LogP contribution in [0.15, 0.2) is 199 Å². The summed E-state index contributed by atoms with van der Waals surface area (Å²) in [5.41, 5.74) is 13.3. The van der Waals surface area contributed by atoms with Gasteiger partial charge in [-0.3, -0.25) is 0 Å². The Hall–Kier alpha value is -7.43. The molecule has 0 N–H and O–H groups in total. The Labute approximate surface area is 330 Å². The van der Waals surface area contributed by atoms with Gasteiger partial charge in [-0.1, -0.05) is 170 Å². The van der Waals surface area contributed by atoms with E-state index in [1.807, 2.05) is 30.3 Å². The third-order valence-corrected chi connectivity index (χ3v) is 11.2. The molecule has 0 amide bonds. The number of para-hydroxylation sites is 2. The van der Waals surface area contributed by atoms with E-state index >= 15 is 0 Å². The molecule has 11 rings (SSSR count). The zero-order chi connectivity index (χ0) is 37.7. The van der Waals surface area contributed by atoms with Crippen LogP contribution in [-0.4, -0.2) is 15.0 Å². The summed E-state index contributed by atoms with van der Waals surface area (Å²) >= 11 is 0. The van der Waals surface area contributed by atoms with Crippen molar-refractivity contribution in [1.29, 1.82) is 0 Å². The van der Waals surface area contributed by atoms with Crippen LogP contribution in [0.4, 0.5) is 0 Å². The van der Waals surface area contributed by atoms with Crippen molar-refractivity contribution >= 4 is 49.2 Å². The molecule has 3 heterocycles. The number of allylic oxidation sites excluding steroid dienone is 4.